The van der Waals surface area contributed by atoms with Crippen molar-refractivity contribution in [3.05, 3.63) is 71.0 Å². The highest BCUT2D eigenvalue weighted by Gasteiger charge is 2.06. The fourth-order valence-electron chi connectivity index (χ4n) is 2.57. The zero-order chi connectivity index (χ0) is 18.5. The van der Waals surface area contributed by atoms with E-state index in [9.17, 15) is 0 Å². The number of hydrogen-bond donors (Lipinski definition) is 1. The molecule has 6 nitrogen and oxygen atoms in total. The van der Waals surface area contributed by atoms with Crippen LogP contribution in [0, 0.1) is 13.8 Å². The number of rotatable bonds is 6. The first-order chi connectivity index (χ1) is 12.5. The van der Waals surface area contributed by atoms with Gasteiger partial charge < -0.3 is 15.2 Å². The summed E-state index contributed by atoms with van der Waals surface area (Å²) >= 11 is 0. The number of nitrogen functional groups attached to an aromatic ring is 1. The van der Waals surface area contributed by atoms with Crippen LogP contribution >= 0.6 is 0 Å². The Balaban J connectivity index is 1.78. The van der Waals surface area contributed by atoms with Gasteiger partial charge in [0.05, 0.1) is 25.2 Å². The summed E-state index contributed by atoms with van der Waals surface area (Å²) in [6.07, 6.45) is 3.47. The van der Waals surface area contributed by atoms with E-state index in [-0.39, 0.29) is 0 Å². The summed E-state index contributed by atoms with van der Waals surface area (Å²) in [6.45, 7) is 4.39. The van der Waals surface area contributed by atoms with Crippen LogP contribution in [-0.2, 0) is 6.61 Å². The van der Waals surface area contributed by atoms with Crippen LogP contribution in [-0.4, -0.2) is 23.0 Å². The van der Waals surface area contributed by atoms with Crippen LogP contribution in [0.25, 0.3) is 0 Å². The molecule has 2 aromatic carbocycles. The van der Waals surface area contributed by atoms with Crippen molar-refractivity contribution in [2.24, 2.45) is 5.10 Å². The number of imidazole rings is 1. The van der Waals surface area contributed by atoms with E-state index >= 15 is 0 Å². The molecule has 0 aliphatic carbocycles. The highest BCUT2D eigenvalue weighted by atomic mass is 16.5. The van der Waals surface area contributed by atoms with Gasteiger partial charge in [0.25, 0.3) is 0 Å². The first-order valence-corrected chi connectivity index (χ1v) is 8.27. The topological polar surface area (TPSA) is 74.7 Å². The lowest BCUT2D eigenvalue weighted by Crippen LogP contribution is -2.00. The Morgan fingerprint density at radius 3 is 2.69 bits per heavy atom. The number of nitrogens with zero attached hydrogens (tertiary/aromatic N) is 3. The second kappa shape index (κ2) is 7.74. The molecule has 0 fully saturated rings. The van der Waals surface area contributed by atoms with Crippen LogP contribution < -0.4 is 15.2 Å². The van der Waals surface area contributed by atoms with Crippen molar-refractivity contribution in [1.29, 1.82) is 0 Å². The highest BCUT2D eigenvalue weighted by molar-refractivity contribution is 5.81. The normalized spacial score (nSPS) is 11.0. The molecule has 6 heteroatoms. The van der Waals surface area contributed by atoms with Crippen molar-refractivity contribution in [3.63, 3.8) is 0 Å². The van der Waals surface area contributed by atoms with Crippen LogP contribution in [0.4, 0.5) is 5.95 Å². The Hall–Kier alpha value is -3.28. The number of ether oxygens (including phenoxy) is 2. The molecule has 0 saturated carbocycles. The van der Waals surface area contributed by atoms with E-state index in [1.165, 1.54) is 10.2 Å². The Morgan fingerprint density at radius 2 is 2.00 bits per heavy atom. The minimum absolute atomic E-state index is 0.350. The second-order valence-electron chi connectivity index (χ2n) is 6.02. The summed E-state index contributed by atoms with van der Waals surface area (Å²) in [4.78, 5) is 4.12. The van der Waals surface area contributed by atoms with Crippen molar-refractivity contribution in [2.45, 2.75) is 20.5 Å². The van der Waals surface area contributed by atoms with Gasteiger partial charge in [0, 0.05) is 0 Å². The number of aromatic nitrogens is 2. The first kappa shape index (κ1) is 17.5. The quantitative estimate of drug-likeness (QED) is 0.690. The minimum Gasteiger partial charge on any atom is -0.493 e. The Morgan fingerprint density at radius 1 is 1.15 bits per heavy atom. The van der Waals surface area contributed by atoms with Crippen LogP contribution in [0.15, 0.2) is 53.8 Å². The van der Waals surface area contributed by atoms with Gasteiger partial charge in [-0.25, -0.2) is 9.66 Å². The first-order valence-electron chi connectivity index (χ1n) is 8.27. The zero-order valence-electron chi connectivity index (χ0n) is 15.1. The average molecular weight is 350 g/mol. The third-order valence-electron chi connectivity index (χ3n) is 3.83. The molecule has 0 amide bonds. The van der Waals surface area contributed by atoms with Gasteiger partial charge in [-0.05, 0) is 43.2 Å². The summed E-state index contributed by atoms with van der Waals surface area (Å²) < 4.78 is 12.9. The maximum atomic E-state index is 5.96. The largest absolute Gasteiger partial charge is 0.493 e. The molecule has 0 saturated heterocycles. The number of nitrogens with two attached hydrogens (primary N) is 1. The molecule has 3 rings (SSSR count). The molecule has 26 heavy (non-hydrogen) atoms. The van der Waals surface area contributed by atoms with E-state index in [4.69, 9.17) is 15.2 Å². The zero-order valence-corrected chi connectivity index (χ0v) is 15.1. The summed E-state index contributed by atoms with van der Waals surface area (Å²) in [5.74, 6) is 1.68. The number of benzene rings is 2. The number of methoxy groups -OCH3 is 1. The molecule has 0 radical (unpaired) electrons. The van der Waals surface area contributed by atoms with Gasteiger partial charge in [-0.1, -0.05) is 29.8 Å². The van der Waals surface area contributed by atoms with Crippen LogP contribution in [0.2, 0.25) is 0 Å². The molecule has 0 aliphatic rings. The third kappa shape index (κ3) is 4.22. The van der Waals surface area contributed by atoms with Gasteiger partial charge in [0.2, 0.25) is 5.95 Å². The van der Waals surface area contributed by atoms with Gasteiger partial charge in [-0.2, -0.15) is 5.10 Å². The minimum atomic E-state index is 0.350. The fraction of sp³-hybridized carbons (Fsp3) is 0.200. The summed E-state index contributed by atoms with van der Waals surface area (Å²) in [5, 5.41) is 4.33. The Bertz CT molecular complexity index is 931. The van der Waals surface area contributed by atoms with E-state index in [1.807, 2.05) is 37.3 Å². The van der Waals surface area contributed by atoms with E-state index in [0.29, 0.717) is 24.1 Å². The summed E-state index contributed by atoms with van der Waals surface area (Å²) in [7, 11) is 1.62. The molecule has 0 spiro atoms. The maximum absolute atomic E-state index is 5.96. The van der Waals surface area contributed by atoms with E-state index in [0.717, 1.165) is 16.8 Å². The van der Waals surface area contributed by atoms with Gasteiger partial charge in [0.15, 0.2) is 11.5 Å². The van der Waals surface area contributed by atoms with Crippen molar-refractivity contribution in [1.82, 2.24) is 9.66 Å². The van der Waals surface area contributed by atoms with Crippen LogP contribution in [0.5, 0.6) is 11.5 Å². The second-order valence-corrected chi connectivity index (χ2v) is 6.02. The molecular weight excluding hydrogens is 328 g/mol. The molecule has 0 unspecified atom stereocenters. The van der Waals surface area contributed by atoms with Crippen LogP contribution in [0.1, 0.15) is 22.4 Å². The monoisotopic (exact) mass is 350 g/mol. The smallest absolute Gasteiger partial charge is 0.221 e. The number of aryl methyl sites for hydroxylation is 2. The van der Waals surface area contributed by atoms with E-state index < -0.39 is 0 Å². The molecule has 3 aromatic rings. The van der Waals surface area contributed by atoms with Crippen molar-refractivity contribution >= 4 is 12.2 Å². The molecule has 1 aromatic heterocycles. The standard InChI is InChI=1S/C20H22N4O2/c1-14-5-4-6-17(9-14)13-26-19-10-16(7-8-18(19)25-3)11-22-24-12-15(2)23-20(24)21/h4-12H,13H2,1-3H3,(H2,21,23). The third-order valence-corrected chi connectivity index (χ3v) is 3.83. The molecule has 1 heterocycles. The fourth-order valence-corrected chi connectivity index (χ4v) is 2.57. The molecule has 134 valence electrons. The Labute approximate surface area is 152 Å². The molecular formula is C20H22N4O2. The Kier molecular flexibility index (Phi) is 5.22. The lowest BCUT2D eigenvalue weighted by atomic mass is 10.1. The number of hydrogen-bond acceptors (Lipinski definition) is 5. The summed E-state index contributed by atoms with van der Waals surface area (Å²) in [5.41, 5.74) is 9.79. The predicted molar refractivity (Wildman–Crippen MR) is 103 cm³/mol. The molecule has 0 aliphatic heterocycles. The van der Waals surface area contributed by atoms with E-state index in [2.05, 4.69) is 29.1 Å². The highest BCUT2D eigenvalue weighted by Crippen LogP contribution is 2.28. The lowest BCUT2D eigenvalue weighted by Gasteiger charge is -2.11. The SMILES string of the molecule is COc1ccc(C=Nn2cc(C)nc2N)cc1OCc1cccc(C)c1. The van der Waals surface area contributed by atoms with E-state index in [1.54, 1.807) is 19.5 Å². The van der Waals surface area contributed by atoms with Gasteiger partial charge in [-0.3, -0.25) is 0 Å². The van der Waals surface area contributed by atoms with Crippen molar-refractivity contribution < 1.29 is 9.47 Å². The van der Waals surface area contributed by atoms with Gasteiger partial charge in [0.1, 0.15) is 6.61 Å². The number of anilines is 1. The molecule has 0 atom stereocenters. The summed E-state index contributed by atoms with van der Waals surface area (Å²) in [6, 6.07) is 13.9. The van der Waals surface area contributed by atoms with Crippen molar-refractivity contribution in [2.75, 3.05) is 12.8 Å². The van der Waals surface area contributed by atoms with Gasteiger partial charge in [-0.15, -0.1) is 0 Å². The lowest BCUT2D eigenvalue weighted by molar-refractivity contribution is 0.284. The average Bonchev–Trinajstić information content (AvgIpc) is 2.95. The predicted octanol–water partition coefficient (Wildman–Crippen LogP) is 3.55. The maximum Gasteiger partial charge on any atom is 0.221 e. The molecule has 2 N–H and O–H groups in total. The van der Waals surface area contributed by atoms with Gasteiger partial charge >= 0.3 is 0 Å². The molecule has 0 bridgehead atoms. The van der Waals surface area contributed by atoms with Crippen LogP contribution in [0.3, 0.4) is 0 Å². The van der Waals surface area contributed by atoms with Crippen molar-refractivity contribution in [3.8, 4) is 11.5 Å².